The van der Waals surface area contributed by atoms with E-state index in [1.165, 1.54) is 50.2 Å². The van der Waals surface area contributed by atoms with Crippen molar-refractivity contribution in [1.82, 2.24) is 9.55 Å². The maximum absolute atomic E-state index is 5.83. The number of rotatable bonds is 4. The lowest BCUT2D eigenvalue weighted by Crippen LogP contribution is -2.27. The molecule has 2 aliphatic rings. The van der Waals surface area contributed by atoms with Gasteiger partial charge in [-0.05, 0) is 38.1 Å². The van der Waals surface area contributed by atoms with Gasteiger partial charge in [-0.25, -0.2) is 4.98 Å². The van der Waals surface area contributed by atoms with Crippen LogP contribution in [0.4, 0.5) is 5.95 Å². The van der Waals surface area contributed by atoms with Crippen molar-refractivity contribution in [1.29, 1.82) is 0 Å². The first-order chi connectivity index (χ1) is 9.81. The van der Waals surface area contributed by atoms with E-state index in [0.717, 1.165) is 26.1 Å². The maximum Gasteiger partial charge on any atom is 0.205 e. The molecule has 0 amide bonds. The van der Waals surface area contributed by atoms with Gasteiger partial charge in [0.1, 0.15) is 0 Å². The van der Waals surface area contributed by atoms with Crippen molar-refractivity contribution >= 4 is 5.95 Å². The van der Waals surface area contributed by atoms with Crippen LogP contribution in [0.1, 0.15) is 57.2 Å². The SMILES string of the molecule is CCc1cn(C2CCCCC2)c(N2CCC(CN)C2)n1. The minimum atomic E-state index is 0.650. The van der Waals surface area contributed by atoms with E-state index < -0.39 is 0 Å². The van der Waals surface area contributed by atoms with Gasteiger partial charge in [-0.15, -0.1) is 0 Å². The van der Waals surface area contributed by atoms with Crippen molar-refractivity contribution in [3.8, 4) is 0 Å². The Morgan fingerprint density at radius 3 is 2.70 bits per heavy atom. The number of aromatic nitrogens is 2. The zero-order valence-corrected chi connectivity index (χ0v) is 12.7. The molecule has 1 saturated heterocycles. The van der Waals surface area contributed by atoms with Gasteiger partial charge in [0.2, 0.25) is 5.95 Å². The molecular formula is C16H28N4. The number of imidazole rings is 1. The van der Waals surface area contributed by atoms with Crippen LogP contribution in [-0.2, 0) is 6.42 Å². The molecule has 2 N–H and O–H groups in total. The molecule has 112 valence electrons. The van der Waals surface area contributed by atoms with Gasteiger partial charge in [-0.1, -0.05) is 26.2 Å². The van der Waals surface area contributed by atoms with E-state index in [-0.39, 0.29) is 0 Å². The normalized spacial score (nSPS) is 24.5. The van der Waals surface area contributed by atoms with E-state index in [0.29, 0.717) is 12.0 Å². The highest BCUT2D eigenvalue weighted by Crippen LogP contribution is 2.33. The molecule has 0 spiro atoms. The third-order valence-corrected chi connectivity index (χ3v) is 5.00. The predicted molar refractivity (Wildman–Crippen MR) is 83.1 cm³/mol. The molecule has 4 heteroatoms. The second-order valence-electron chi connectivity index (χ2n) is 6.42. The molecule has 1 aromatic heterocycles. The number of hydrogen-bond acceptors (Lipinski definition) is 3. The smallest absolute Gasteiger partial charge is 0.205 e. The van der Waals surface area contributed by atoms with Gasteiger partial charge in [0, 0.05) is 25.3 Å². The summed E-state index contributed by atoms with van der Waals surface area (Å²) in [5.74, 6) is 1.86. The zero-order chi connectivity index (χ0) is 13.9. The molecule has 1 unspecified atom stereocenters. The molecule has 2 heterocycles. The molecule has 1 aliphatic heterocycles. The van der Waals surface area contributed by atoms with Crippen molar-refractivity contribution in [2.75, 3.05) is 24.5 Å². The molecule has 1 atom stereocenters. The van der Waals surface area contributed by atoms with Crippen LogP contribution in [-0.4, -0.2) is 29.2 Å². The van der Waals surface area contributed by atoms with Gasteiger partial charge in [0.05, 0.1) is 5.69 Å². The summed E-state index contributed by atoms with van der Waals surface area (Å²) in [5, 5.41) is 0. The Morgan fingerprint density at radius 2 is 2.05 bits per heavy atom. The molecule has 0 radical (unpaired) electrons. The van der Waals surface area contributed by atoms with E-state index >= 15 is 0 Å². The van der Waals surface area contributed by atoms with Gasteiger partial charge in [-0.2, -0.15) is 0 Å². The van der Waals surface area contributed by atoms with Crippen LogP contribution in [0, 0.1) is 5.92 Å². The summed E-state index contributed by atoms with van der Waals surface area (Å²) in [7, 11) is 0. The average molecular weight is 276 g/mol. The lowest BCUT2D eigenvalue weighted by Gasteiger charge is -2.27. The fourth-order valence-corrected chi connectivity index (χ4v) is 3.67. The quantitative estimate of drug-likeness (QED) is 0.920. The van der Waals surface area contributed by atoms with Crippen LogP contribution in [0.2, 0.25) is 0 Å². The van der Waals surface area contributed by atoms with E-state index in [1.807, 2.05) is 0 Å². The molecule has 1 aromatic rings. The summed E-state index contributed by atoms with van der Waals surface area (Å²) in [5.41, 5.74) is 7.07. The van der Waals surface area contributed by atoms with Crippen LogP contribution in [0.5, 0.6) is 0 Å². The number of aryl methyl sites for hydroxylation is 1. The van der Waals surface area contributed by atoms with Crippen LogP contribution in [0.25, 0.3) is 0 Å². The van der Waals surface area contributed by atoms with Gasteiger partial charge in [-0.3, -0.25) is 0 Å². The molecule has 1 aliphatic carbocycles. The Kier molecular flexibility index (Phi) is 4.29. The fraction of sp³-hybridized carbons (Fsp3) is 0.812. The highest BCUT2D eigenvalue weighted by Gasteiger charge is 2.27. The minimum absolute atomic E-state index is 0.650. The lowest BCUT2D eigenvalue weighted by atomic mass is 9.95. The summed E-state index contributed by atoms with van der Waals surface area (Å²) in [6.45, 7) is 5.21. The Bertz CT molecular complexity index is 434. The summed E-state index contributed by atoms with van der Waals surface area (Å²) in [6, 6.07) is 0.670. The third-order valence-electron chi connectivity index (χ3n) is 5.00. The fourth-order valence-electron chi connectivity index (χ4n) is 3.67. The van der Waals surface area contributed by atoms with Gasteiger partial charge < -0.3 is 15.2 Å². The van der Waals surface area contributed by atoms with Crippen LogP contribution >= 0.6 is 0 Å². The Balaban J connectivity index is 1.83. The zero-order valence-electron chi connectivity index (χ0n) is 12.7. The highest BCUT2D eigenvalue weighted by molar-refractivity contribution is 5.36. The van der Waals surface area contributed by atoms with Gasteiger partial charge >= 0.3 is 0 Å². The first-order valence-electron chi connectivity index (χ1n) is 8.34. The number of anilines is 1. The van der Waals surface area contributed by atoms with Gasteiger partial charge in [0.25, 0.3) is 0 Å². The second kappa shape index (κ2) is 6.17. The lowest BCUT2D eigenvalue weighted by molar-refractivity contribution is 0.353. The molecular weight excluding hydrogens is 248 g/mol. The largest absolute Gasteiger partial charge is 0.342 e. The molecule has 1 saturated carbocycles. The summed E-state index contributed by atoms with van der Waals surface area (Å²) in [4.78, 5) is 7.37. The molecule has 20 heavy (non-hydrogen) atoms. The highest BCUT2D eigenvalue weighted by atomic mass is 15.3. The summed E-state index contributed by atoms with van der Waals surface area (Å²) < 4.78 is 2.48. The Labute approximate surface area is 122 Å². The van der Waals surface area contributed by atoms with Crippen LogP contribution in [0.15, 0.2) is 6.20 Å². The van der Waals surface area contributed by atoms with Gasteiger partial charge in [0.15, 0.2) is 0 Å². The maximum atomic E-state index is 5.83. The van der Waals surface area contributed by atoms with E-state index in [4.69, 9.17) is 10.7 Å². The number of nitrogens with two attached hydrogens (primary N) is 1. The van der Waals surface area contributed by atoms with Crippen LogP contribution in [0.3, 0.4) is 0 Å². The molecule has 0 aromatic carbocycles. The monoisotopic (exact) mass is 276 g/mol. The van der Waals surface area contributed by atoms with Crippen molar-refractivity contribution in [3.05, 3.63) is 11.9 Å². The van der Waals surface area contributed by atoms with E-state index in [9.17, 15) is 0 Å². The third kappa shape index (κ3) is 2.71. The summed E-state index contributed by atoms with van der Waals surface area (Å²) >= 11 is 0. The average Bonchev–Trinajstić information content (AvgIpc) is 3.14. The van der Waals surface area contributed by atoms with Crippen molar-refractivity contribution in [2.24, 2.45) is 11.7 Å². The first kappa shape index (κ1) is 13.9. The molecule has 0 bridgehead atoms. The predicted octanol–water partition coefficient (Wildman–Crippen LogP) is 2.74. The molecule has 3 rings (SSSR count). The van der Waals surface area contributed by atoms with Crippen molar-refractivity contribution < 1.29 is 0 Å². The standard InChI is InChI=1S/C16H28N4/c1-2-14-12-20(15-6-4-3-5-7-15)16(18-14)19-9-8-13(10-17)11-19/h12-13,15H,2-11,17H2,1H3. The van der Waals surface area contributed by atoms with Crippen LogP contribution < -0.4 is 10.6 Å². The Hall–Kier alpha value is -1.03. The molecule has 4 nitrogen and oxygen atoms in total. The molecule has 2 fully saturated rings. The van der Waals surface area contributed by atoms with E-state index in [2.05, 4.69) is 22.6 Å². The first-order valence-corrected chi connectivity index (χ1v) is 8.34. The topological polar surface area (TPSA) is 47.1 Å². The van der Waals surface area contributed by atoms with Crippen molar-refractivity contribution in [2.45, 2.75) is 57.9 Å². The second-order valence-corrected chi connectivity index (χ2v) is 6.42. The Morgan fingerprint density at radius 1 is 1.25 bits per heavy atom. The number of nitrogens with zero attached hydrogens (tertiary/aromatic N) is 3. The van der Waals surface area contributed by atoms with E-state index in [1.54, 1.807) is 0 Å². The van der Waals surface area contributed by atoms with Crippen molar-refractivity contribution in [3.63, 3.8) is 0 Å². The minimum Gasteiger partial charge on any atom is -0.342 e. The number of hydrogen-bond donors (Lipinski definition) is 1. The summed E-state index contributed by atoms with van der Waals surface area (Å²) in [6.07, 6.45) is 11.3.